The van der Waals surface area contributed by atoms with Gasteiger partial charge < -0.3 is 20.1 Å². The Hall–Kier alpha value is -1.49. The highest BCUT2D eigenvalue weighted by molar-refractivity contribution is 7.80. The summed E-state index contributed by atoms with van der Waals surface area (Å²) in [5, 5.41) is 6.71. The predicted octanol–water partition coefficient (Wildman–Crippen LogP) is 1.56. The van der Waals surface area contributed by atoms with Crippen LogP contribution in [0, 0.1) is 0 Å². The summed E-state index contributed by atoms with van der Waals surface area (Å²) in [5.41, 5.74) is 0. The molecule has 94 valence electrons. The highest BCUT2D eigenvalue weighted by Gasteiger charge is 1.96. The fraction of sp³-hybridized carbons (Fsp3) is 0.417. The van der Waals surface area contributed by atoms with Crippen LogP contribution in [0.25, 0.3) is 0 Å². The third kappa shape index (κ3) is 5.40. The molecule has 17 heavy (non-hydrogen) atoms. The Bertz CT molecular complexity index is 341. The molecule has 0 saturated heterocycles. The van der Waals surface area contributed by atoms with Crippen molar-refractivity contribution in [3.63, 3.8) is 0 Å². The molecule has 1 aromatic rings. The lowest BCUT2D eigenvalue weighted by Gasteiger charge is -2.10. The van der Waals surface area contributed by atoms with Gasteiger partial charge in [-0.2, -0.15) is 0 Å². The maximum absolute atomic E-state index is 5.53. The van der Waals surface area contributed by atoms with Gasteiger partial charge in [0.15, 0.2) is 5.11 Å². The average Bonchev–Trinajstić information content (AvgIpc) is 2.36. The van der Waals surface area contributed by atoms with E-state index in [-0.39, 0.29) is 0 Å². The van der Waals surface area contributed by atoms with Crippen molar-refractivity contribution >= 4 is 17.3 Å². The molecule has 0 aliphatic carbocycles. The molecule has 0 fully saturated rings. The van der Waals surface area contributed by atoms with E-state index in [1.54, 1.807) is 7.11 Å². The van der Waals surface area contributed by atoms with E-state index in [9.17, 15) is 0 Å². The van der Waals surface area contributed by atoms with Gasteiger partial charge in [0.25, 0.3) is 0 Å². The summed E-state index contributed by atoms with van der Waals surface area (Å²) < 4.78 is 10.6. The van der Waals surface area contributed by atoms with Gasteiger partial charge in [0.05, 0.1) is 13.7 Å². The average molecular weight is 254 g/mol. The molecule has 0 aliphatic rings. The number of benzene rings is 1. The zero-order valence-corrected chi connectivity index (χ0v) is 11.0. The highest BCUT2D eigenvalue weighted by atomic mass is 32.1. The predicted molar refractivity (Wildman–Crippen MR) is 72.8 cm³/mol. The summed E-state index contributed by atoms with van der Waals surface area (Å²) in [4.78, 5) is 0. The van der Waals surface area contributed by atoms with E-state index in [0.29, 0.717) is 18.3 Å². The Kier molecular flexibility index (Phi) is 6.17. The first kappa shape index (κ1) is 13.6. The topological polar surface area (TPSA) is 42.5 Å². The maximum atomic E-state index is 5.53. The molecule has 0 atom stereocenters. The minimum atomic E-state index is 0.567. The number of hydrogen-bond acceptors (Lipinski definition) is 3. The van der Waals surface area contributed by atoms with Crippen molar-refractivity contribution in [3.8, 4) is 11.5 Å². The number of hydrogen-bond donors (Lipinski definition) is 2. The molecule has 0 radical (unpaired) electrons. The summed E-state index contributed by atoms with van der Waals surface area (Å²) in [7, 11) is 1.64. The molecular weight excluding hydrogens is 236 g/mol. The first-order valence-corrected chi connectivity index (χ1v) is 5.95. The first-order valence-electron chi connectivity index (χ1n) is 5.54. The van der Waals surface area contributed by atoms with E-state index < -0.39 is 0 Å². The van der Waals surface area contributed by atoms with Crippen LogP contribution in [0.4, 0.5) is 0 Å². The molecule has 0 unspecified atom stereocenters. The Labute approximate surface area is 107 Å². The van der Waals surface area contributed by atoms with Crippen molar-refractivity contribution in [1.29, 1.82) is 0 Å². The lowest BCUT2D eigenvalue weighted by molar-refractivity contribution is 0.321. The minimum absolute atomic E-state index is 0.567. The number of nitrogens with one attached hydrogen (secondary N) is 2. The Balaban J connectivity index is 2.19. The molecule has 0 heterocycles. The maximum Gasteiger partial charge on any atom is 0.166 e. The summed E-state index contributed by atoms with van der Waals surface area (Å²) in [6.07, 6.45) is 0. The molecule has 0 saturated carbocycles. The fourth-order valence-corrected chi connectivity index (χ4v) is 1.47. The van der Waals surface area contributed by atoms with Gasteiger partial charge in [-0.15, -0.1) is 0 Å². The number of rotatable bonds is 6. The molecule has 1 aromatic carbocycles. The smallest absolute Gasteiger partial charge is 0.166 e. The molecular formula is C12H18N2O2S. The van der Waals surface area contributed by atoms with Gasteiger partial charge >= 0.3 is 0 Å². The van der Waals surface area contributed by atoms with Gasteiger partial charge in [0.1, 0.15) is 18.1 Å². The van der Waals surface area contributed by atoms with Gasteiger partial charge in [0, 0.05) is 6.54 Å². The Morgan fingerprint density at radius 1 is 1.18 bits per heavy atom. The summed E-state index contributed by atoms with van der Waals surface area (Å²) in [5.74, 6) is 1.64. The second kappa shape index (κ2) is 7.73. The van der Waals surface area contributed by atoms with Gasteiger partial charge in [-0.3, -0.25) is 0 Å². The number of methoxy groups -OCH3 is 1. The van der Waals surface area contributed by atoms with Crippen LogP contribution in [0.5, 0.6) is 11.5 Å². The standard InChI is InChI=1S/C12H18N2O2S/c1-3-13-12(17)14-8-9-16-11-6-4-10(15-2)5-7-11/h4-7H,3,8-9H2,1-2H3,(H2,13,14,17). The normalized spacial score (nSPS) is 9.53. The van der Waals surface area contributed by atoms with E-state index in [4.69, 9.17) is 21.7 Å². The van der Waals surface area contributed by atoms with Crippen LogP contribution in [-0.2, 0) is 0 Å². The molecule has 4 nitrogen and oxygen atoms in total. The van der Waals surface area contributed by atoms with Crippen molar-refractivity contribution in [2.24, 2.45) is 0 Å². The monoisotopic (exact) mass is 254 g/mol. The lowest BCUT2D eigenvalue weighted by Crippen LogP contribution is -2.37. The molecule has 1 rings (SSSR count). The largest absolute Gasteiger partial charge is 0.497 e. The van der Waals surface area contributed by atoms with Crippen LogP contribution in [0.2, 0.25) is 0 Å². The van der Waals surface area contributed by atoms with Gasteiger partial charge in [-0.05, 0) is 43.4 Å². The van der Waals surface area contributed by atoms with Crippen LogP contribution >= 0.6 is 12.2 Å². The SMILES string of the molecule is CCNC(=S)NCCOc1ccc(OC)cc1. The van der Waals surface area contributed by atoms with Crippen LogP contribution in [-0.4, -0.2) is 31.9 Å². The zero-order chi connectivity index (χ0) is 12.5. The Morgan fingerprint density at radius 3 is 2.41 bits per heavy atom. The third-order valence-electron chi connectivity index (χ3n) is 2.05. The van der Waals surface area contributed by atoms with Gasteiger partial charge in [-0.1, -0.05) is 0 Å². The van der Waals surface area contributed by atoms with Crippen LogP contribution in [0.15, 0.2) is 24.3 Å². The highest BCUT2D eigenvalue weighted by Crippen LogP contribution is 2.16. The quantitative estimate of drug-likeness (QED) is 0.596. The van der Waals surface area contributed by atoms with Gasteiger partial charge in [-0.25, -0.2) is 0 Å². The van der Waals surface area contributed by atoms with Crippen molar-refractivity contribution in [3.05, 3.63) is 24.3 Å². The third-order valence-corrected chi connectivity index (χ3v) is 2.34. The molecule has 2 N–H and O–H groups in total. The van der Waals surface area contributed by atoms with E-state index in [1.165, 1.54) is 0 Å². The number of thiocarbonyl (C=S) groups is 1. The zero-order valence-electron chi connectivity index (χ0n) is 10.2. The second-order valence-electron chi connectivity index (χ2n) is 3.31. The molecule has 5 heteroatoms. The van der Waals surface area contributed by atoms with E-state index in [1.807, 2.05) is 31.2 Å². The van der Waals surface area contributed by atoms with E-state index >= 15 is 0 Å². The second-order valence-corrected chi connectivity index (χ2v) is 3.72. The van der Waals surface area contributed by atoms with Crippen molar-refractivity contribution in [2.45, 2.75) is 6.92 Å². The molecule has 0 aliphatic heterocycles. The first-order chi connectivity index (χ1) is 8.26. The lowest BCUT2D eigenvalue weighted by atomic mass is 10.3. The van der Waals surface area contributed by atoms with Crippen LogP contribution in [0.3, 0.4) is 0 Å². The minimum Gasteiger partial charge on any atom is -0.497 e. The summed E-state index contributed by atoms with van der Waals surface area (Å²) in [6, 6.07) is 7.49. The van der Waals surface area contributed by atoms with Crippen molar-refractivity contribution < 1.29 is 9.47 Å². The molecule has 0 aromatic heterocycles. The van der Waals surface area contributed by atoms with E-state index in [0.717, 1.165) is 18.0 Å². The fourth-order valence-electron chi connectivity index (χ4n) is 1.23. The van der Waals surface area contributed by atoms with Crippen LogP contribution < -0.4 is 20.1 Å². The van der Waals surface area contributed by atoms with Gasteiger partial charge in [0.2, 0.25) is 0 Å². The number of ether oxygens (including phenoxy) is 2. The van der Waals surface area contributed by atoms with Crippen molar-refractivity contribution in [1.82, 2.24) is 10.6 Å². The summed E-state index contributed by atoms with van der Waals surface area (Å²) >= 11 is 5.02. The van der Waals surface area contributed by atoms with E-state index in [2.05, 4.69) is 10.6 Å². The van der Waals surface area contributed by atoms with Crippen molar-refractivity contribution in [2.75, 3.05) is 26.8 Å². The Morgan fingerprint density at radius 2 is 1.82 bits per heavy atom. The molecule has 0 amide bonds. The molecule has 0 bridgehead atoms. The summed E-state index contributed by atoms with van der Waals surface area (Å²) in [6.45, 7) is 4.07. The van der Waals surface area contributed by atoms with Crippen LogP contribution in [0.1, 0.15) is 6.92 Å². The molecule has 0 spiro atoms.